The van der Waals surface area contributed by atoms with Gasteiger partial charge in [0.15, 0.2) is 0 Å². The van der Waals surface area contributed by atoms with Gasteiger partial charge in [0, 0.05) is 25.4 Å². The Hall–Kier alpha value is -2.23. The van der Waals surface area contributed by atoms with Gasteiger partial charge in [-0.05, 0) is 36.8 Å². The number of aryl methyl sites for hydroxylation is 2. The number of ether oxygens (including phenoxy) is 1. The third-order valence-electron chi connectivity index (χ3n) is 2.89. The molecule has 0 aliphatic carbocycles. The number of benzene rings is 1. The molecule has 0 unspecified atom stereocenters. The number of rotatable bonds is 5. The van der Waals surface area contributed by atoms with Gasteiger partial charge in [0.1, 0.15) is 5.75 Å². The van der Waals surface area contributed by atoms with Gasteiger partial charge >= 0.3 is 0 Å². The van der Waals surface area contributed by atoms with Crippen LogP contribution in [0.3, 0.4) is 0 Å². The number of carbonyl (C=O) groups excluding carboxylic acids is 1. The Morgan fingerprint density at radius 3 is 2.74 bits per heavy atom. The van der Waals surface area contributed by atoms with Crippen molar-refractivity contribution in [3.63, 3.8) is 0 Å². The molecule has 4 heteroatoms. The van der Waals surface area contributed by atoms with E-state index in [1.165, 1.54) is 0 Å². The topological polar surface area (TPSA) is 43.3 Å². The van der Waals surface area contributed by atoms with E-state index in [4.69, 9.17) is 4.74 Å². The van der Waals surface area contributed by atoms with Crippen LogP contribution < -0.4 is 10.1 Å². The number of carbonyl (C=O) groups is 1. The molecule has 0 fully saturated rings. The minimum atomic E-state index is -0.0161. The van der Waals surface area contributed by atoms with Crippen LogP contribution in [0.25, 0.3) is 0 Å². The summed E-state index contributed by atoms with van der Waals surface area (Å²) in [5.41, 5.74) is 1.81. The van der Waals surface area contributed by atoms with E-state index in [1.54, 1.807) is 7.11 Å². The SMILES string of the molecule is COc1ccc(C)cc1NC(=O)CCn1cccc1. The molecule has 0 radical (unpaired) electrons. The summed E-state index contributed by atoms with van der Waals surface area (Å²) in [6.45, 7) is 2.65. The number of hydrogen-bond donors (Lipinski definition) is 1. The molecular weight excluding hydrogens is 240 g/mol. The largest absolute Gasteiger partial charge is 0.495 e. The molecule has 0 aliphatic heterocycles. The molecule has 0 atom stereocenters. The van der Waals surface area contributed by atoms with E-state index in [0.717, 1.165) is 11.3 Å². The van der Waals surface area contributed by atoms with Crippen LogP contribution in [0.4, 0.5) is 5.69 Å². The predicted molar refractivity (Wildman–Crippen MR) is 75.4 cm³/mol. The highest BCUT2D eigenvalue weighted by Crippen LogP contribution is 2.25. The van der Waals surface area contributed by atoms with Crippen molar-refractivity contribution >= 4 is 11.6 Å². The zero-order valence-corrected chi connectivity index (χ0v) is 11.2. The van der Waals surface area contributed by atoms with Gasteiger partial charge in [-0.3, -0.25) is 4.79 Å². The molecule has 1 N–H and O–H groups in total. The Kier molecular flexibility index (Phi) is 4.23. The van der Waals surface area contributed by atoms with Crippen LogP contribution in [0.5, 0.6) is 5.75 Å². The number of anilines is 1. The Morgan fingerprint density at radius 2 is 2.05 bits per heavy atom. The van der Waals surface area contributed by atoms with Gasteiger partial charge in [-0.15, -0.1) is 0 Å². The maximum atomic E-state index is 11.9. The summed E-state index contributed by atoms with van der Waals surface area (Å²) in [6, 6.07) is 9.61. The monoisotopic (exact) mass is 258 g/mol. The Morgan fingerprint density at radius 1 is 1.32 bits per heavy atom. The van der Waals surface area contributed by atoms with E-state index >= 15 is 0 Å². The van der Waals surface area contributed by atoms with Gasteiger partial charge in [0.25, 0.3) is 0 Å². The molecule has 0 aliphatic rings. The highest BCUT2D eigenvalue weighted by Gasteiger charge is 2.07. The summed E-state index contributed by atoms with van der Waals surface area (Å²) in [4.78, 5) is 11.9. The molecule has 2 rings (SSSR count). The van der Waals surface area contributed by atoms with Gasteiger partial charge < -0.3 is 14.6 Å². The van der Waals surface area contributed by atoms with Crippen molar-refractivity contribution in [1.29, 1.82) is 0 Å². The summed E-state index contributed by atoms with van der Waals surface area (Å²) >= 11 is 0. The first-order valence-corrected chi connectivity index (χ1v) is 6.24. The molecule has 0 bridgehead atoms. The molecular formula is C15H18N2O2. The molecule has 0 saturated heterocycles. The molecule has 1 heterocycles. The van der Waals surface area contributed by atoms with Crippen LogP contribution in [0.1, 0.15) is 12.0 Å². The lowest BCUT2D eigenvalue weighted by Gasteiger charge is -2.11. The third kappa shape index (κ3) is 3.61. The molecule has 1 aromatic carbocycles. The van der Waals surface area contributed by atoms with Crippen LogP contribution in [0.15, 0.2) is 42.7 Å². The van der Waals surface area contributed by atoms with Crippen molar-refractivity contribution in [3.05, 3.63) is 48.3 Å². The maximum absolute atomic E-state index is 11.9. The first-order valence-electron chi connectivity index (χ1n) is 6.24. The fraction of sp³-hybridized carbons (Fsp3) is 0.267. The number of hydrogen-bond acceptors (Lipinski definition) is 2. The lowest BCUT2D eigenvalue weighted by atomic mass is 10.2. The zero-order chi connectivity index (χ0) is 13.7. The first kappa shape index (κ1) is 13.2. The summed E-state index contributed by atoms with van der Waals surface area (Å²) in [6.07, 6.45) is 4.33. The number of aromatic nitrogens is 1. The molecule has 4 nitrogen and oxygen atoms in total. The van der Waals surface area contributed by atoms with E-state index in [-0.39, 0.29) is 5.91 Å². The van der Waals surface area contributed by atoms with Crippen molar-refractivity contribution in [2.24, 2.45) is 0 Å². The molecule has 0 spiro atoms. The molecule has 19 heavy (non-hydrogen) atoms. The Bertz CT molecular complexity index is 547. The minimum absolute atomic E-state index is 0.0161. The zero-order valence-electron chi connectivity index (χ0n) is 11.2. The molecule has 1 amide bonds. The smallest absolute Gasteiger partial charge is 0.226 e. The predicted octanol–water partition coefficient (Wildman–Crippen LogP) is 2.83. The highest BCUT2D eigenvalue weighted by atomic mass is 16.5. The second-order valence-corrected chi connectivity index (χ2v) is 4.42. The van der Waals surface area contributed by atoms with E-state index in [1.807, 2.05) is 54.2 Å². The van der Waals surface area contributed by atoms with Gasteiger partial charge in [0.05, 0.1) is 12.8 Å². The second-order valence-electron chi connectivity index (χ2n) is 4.42. The van der Waals surface area contributed by atoms with Gasteiger partial charge in [-0.25, -0.2) is 0 Å². The lowest BCUT2D eigenvalue weighted by Crippen LogP contribution is -2.14. The van der Waals surface area contributed by atoms with Crippen molar-refractivity contribution in [2.75, 3.05) is 12.4 Å². The molecule has 1 aromatic heterocycles. The van der Waals surface area contributed by atoms with Crippen molar-refractivity contribution < 1.29 is 9.53 Å². The first-order chi connectivity index (χ1) is 9.19. The quantitative estimate of drug-likeness (QED) is 0.896. The summed E-state index contributed by atoms with van der Waals surface area (Å²) in [5.74, 6) is 0.664. The van der Waals surface area contributed by atoms with Gasteiger partial charge in [0.2, 0.25) is 5.91 Å². The van der Waals surface area contributed by atoms with E-state index < -0.39 is 0 Å². The molecule has 2 aromatic rings. The fourth-order valence-electron chi connectivity index (χ4n) is 1.88. The minimum Gasteiger partial charge on any atom is -0.495 e. The average molecular weight is 258 g/mol. The van der Waals surface area contributed by atoms with Crippen LogP contribution >= 0.6 is 0 Å². The van der Waals surface area contributed by atoms with Crippen LogP contribution in [-0.4, -0.2) is 17.6 Å². The summed E-state index contributed by atoms with van der Waals surface area (Å²) < 4.78 is 7.21. The van der Waals surface area contributed by atoms with Gasteiger partial charge in [-0.1, -0.05) is 6.07 Å². The van der Waals surface area contributed by atoms with Crippen LogP contribution in [0, 0.1) is 6.92 Å². The lowest BCUT2D eigenvalue weighted by molar-refractivity contribution is -0.116. The van der Waals surface area contributed by atoms with E-state index in [0.29, 0.717) is 18.7 Å². The third-order valence-corrected chi connectivity index (χ3v) is 2.89. The number of amides is 1. The summed E-state index contributed by atoms with van der Waals surface area (Å²) in [5, 5.41) is 2.89. The maximum Gasteiger partial charge on any atom is 0.226 e. The summed E-state index contributed by atoms with van der Waals surface area (Å²) in [7, 11) is 1.60. The standard InChI is InChI=1S/C15H18N2O2/c1-12-5-6-14(19-2)13(11-12)16-15(18)7-10-17-8-3-4-9-17/h3-6,8-9,11H,7,10H2,1-2H3,(H,16,18). The van der Waals surface area contributed by atoms with E-state index in [2.05, 4.69) is 5.32 Å². The molecule has 0 saturated carbocycles. The van der Waals surface area contributed by atoms with Crippen molar-refractivity contribution in [3.8, 4) is 5.75 Å². The normalized spacial score (nSPS) is 10.2. The number of nitrogens with one attached hydrogen (secondary N) is 1. The highest BCUT2D eigenvalue weighted by molar-refractivity contribution is 5.92. The van der Waals surface area contributed by atoms with Crippen LogP contribution in [0.2, 0.25) is 0 Å². The van der Waals surface area contributed by atoms with Crippen molar-refractivity contribution in [2.45, 2.75) is 19.9 Å². The van der Waals surface area contributed by atoms with Crippen LogP contribution in [-0.2, 0) is 11.3 Å². The Labute approximate surface area is 113 Å². The Balaban J connectivity index is 1.96. The number of methoxy groups -OCH3 is 1. The van der Waals surface area contributed by atoms with Gasteiger partial charge in [-0.2, -0.15) is 0 Å². The van der Waals surface area contributed by atoms with Crippen molar-refractivity contribution in [1.82, 2.24) is 4.57 Å². The second kappa shape index (κ2) is 6.09. The average Bonchev–Trinajstić information content (AvgIpc) is 2.90. The number of nitrogens with zero attached hydrogens (tertiary/aromatic N) is 1. The fourth-order valence-corrected chi connectivity index (χ4v) is 1.88. The van der Waals surface area contributed by atoms with E-state index in [9.17, 15) is 4.79 Å². The molecule has 100 valence electrons.